The van der Waals surface area contributed by atoms with Crippen LogP contribution in [0.5, 0.6) is 0 Å². The molecule has 0 saturated heterocycles. The Kier molecular flexibility index (Phi) is 1.71. The van der Waals surface area contributed by atoms with E-state index in [1.807, 2.05) is 0 Å². The average Bonchev–Trinajstić information content (AvgIpc) is 2.15. The maximum absolute atomic E-state index is 11.7. The van der Waals surface area contributed by atoms with Crippen molar-refractivity contribution in [2.24, 2.45) is 0 Å². The van der Waals surface area contributed by atoms with Crippen LogP contribution in [0.2, 0.25) is 0 Å². The first-order valence-electron chi connectivity index (χ1n) is 2.47. The zero-order valence-corrected chi connectivity index (χ0v) is 5.28. The zero-order valence-electron chi connectivity index (χ0n) is 4.53. The third-order valence-corrected chi connectivity index (χ3v) is 1.41. The Morgan fingerprint density at radius 3 is 2.78 bits per heavy atom. The van der Waals surface area contributed by atoms with Gasteiger partial charge in [0.15, 0.2) is 5.78 Å². The number of nitrogens with one attached hydrogen (secondary N) is 1. The molecule has 0 saturated carbocycles. The van der Waals surface area contributed by atoms with Crippen molar-refractivity contribution in [1.82, 2.24) is 5.32 Å². The number of alkyl halides is 1. The van der Waals surface area contributed by atoms with Crippen LogP contribution in [0.25, 0.3) is 0 Å². The fourth-order valence-electron chi connectivity index (χ4n) is 0.602. The van der Waals surface area contributed by atoms with Crippen LogP contribution < -0.4 is 5.32 Å². The molecular formula is C5H5ClFNO. The first kappa shape index (κ1) is 6.55. The standard InChI is InChI=1S/C5H5ClFNO/c6-3-2-8-4(1-7)5(3)9/h2,4,8H,1H2. The topological polar surface area (TPSA) is 29.1 Å². The normalized spacial score (nSPS) is 25.8. The summed E-state index contributed by atoms with van der Waals surface area (Å²) in [5.74, 6) is -0.362. The molecule has 1 N–H and O–H groups in total. The summed E-state index contributed by atoms with van der Waals surface area (Å²) in [6, 6.07) is -0.738. The molecule has 0 fully saturated rings. The molecule has 0 aromatic heterocycles. The lowest BCUT2D eigenvalue weighted by molar-refractivity contribution is -0.116. The predicted molar refractivity (Wildman–Crippen MR) is 31.8 cm³/mol. The van der Waals surface area contributed by atoms with Crippen LogP contribution in [-0.4, -0.2) is 18.5 Å². The number of carbonyl (C=O) groups is 1. The Morgan fingerprint density at radius 1 is 1.89 bits per heavy atom. The van der Waals surface area contributed by atoms with Gasteiger partial charge in [-0.25, -0.2) is 4.39 Å². The molecule has 1 unspecified atom stereocenters. The van der Waals surface area contributed by atoms with Crippen molar-refractivity contribution in [3.8, 4) is 0 Å². The van der Waals surface area contributed by atoms with Gasteiger partial charge in [-0.2, -0.15) is 0 Å². The van der Waals surface area contributed by atoms with E-state index < -0.39 is 12.7 Å². The molecule has 1 heterocycles. The monoisotopic (exact) mass is 149 g/mol. The van der Waals surface area contributed by atoms with Crippen LogP contribution in [0.3, 0.4) is 0 Å². The Labute approximate surface area is 56.7 Å². The molecule has 0 bridgehead atoms. The summed E-state index contributed by atoms with van der Waals surface area (Å²) >= 11 is 5.32. The number of Topliss-reactive ketones (excluding diaryl/α,β-unsaturated/α-hetero) is 1. The Bertz CT molecular complexity index is 168. The SMILES string of the molecule is O=C1C(Cl)=CNC1CF. The van der Waals surface area contributed by atoms with Gasteiger partial charge in [-0.15, -0.1) is 0 Å². The van der Waals surface area contributed by atoms with E-state index in [0.717, 1.165) is 0 Å². The van der Waals surface area contributed by atoms with Crippen molar-refractivity contribution >= 4 is 17.4 Å². The summed E-state index contributed by atoms with van der Waals surface area (Å²) in [4.78, 5) is 10.6. The first-order valence-corrected chi connectivity index (χ1v) is 2.85. The van der Waals surface area contributed by atoms with Gasteiger partial charge in [-0.3, -0.25) is 4.79 Å². The van der Waals surface area contributed by atoms with Gasteiger partial charge in [0.05, 0.1) is 0 Å². The molecule has 0 spiro atoms. The highest BCUT2D eigenvalue weighted by molar-refractivity contribution is 6.43. The lowest BCUT2D eigenvalue weighted by atomic mass is 10.2. The quantitative estimate of drug-likeness (QED) is 0.591. The van der Waals surface area contributed by atoms with Gasteiger partial charge in [-0.1, -0.05) is 11.6 Å². The highest BCUT2D eigenvalue weighted by Gasteiger charge is 2.24. The van der Waals surface area contributed by atoms with E-state index in [9.17, 15) is 9.18 Å². The second-order valence-corrected chi connectivity index (χ2v) is 2.14. The van der Waals surface area contributed by atoms with E-state index in [2.05, 4.69) is 5.32 Å². The Hall–Kier alpha value is -0.570. The van der Waals surface area contributed by atoms with E-state index in [4.69, 9.17) is 11.6 Å². The van der Waals surface area contributed by atoms with Gasteiger partial charge >= 0.3 is 0 Å². The molecular weight excluding hydrogens is 145 g/mol. The summed E-state index contributed by atoms with van der Waals surface area (Å²) in [6.45, 7) is -0.703. The fourth-order valence-corrected chi connectivity index (χ4v) is 0.796. The summed E-state index contributed by atoms with van der Waals surface area (Å²) < 4.78 is 11.7. The number of carbonyl (C=O) groups excluding carboxylic acids is 1. The molecule has 4 heteroatoms. The third kappa shape index (κ3) is 1.05. The number of hydrogen-bond donors (Lipinski definition) is 1. The number of rotatable bonds is 1. The lowest BCUT2D eigenvalue weighted by Gasteiger charge is -2.00. The predicted octanol–water partition coefficient (Wildman–Crippen LogP) is 0.577. The van der Waals surface area contributed by atoms with Crippen molar-refractivity contribution in [3.05, 3.63) is 11.2 Å². The summed E-state index contributed by atoms with van der Waals surface area (Å²) in [5, 5.41) is 2.57. The minimum atomic E-state index is -0.738. The van der Waals surface area contributed by atoms with E-state index in [-0.39, 0.29) is 10.8 Å². The Morgan fingerprint density at radius 2 is 2.56 bits per heavy atom. The van der Waals surface area contributed by atoms with Crippen LogP contribution >= 0.6 is 11.6 Å². The maximum atomic E-state index is 11.7. The van der Waals surface area contributed by atoms with Crippen LogP contribution in [0.15, 0.2) is 11.2 Å². The van der Waals surface area contributed by atoms with Gasteiger partial charge in [0, 0.05) is 6.20 Å². The minimum Gasteiger partial charge on any atom is -0.377 e. The maximum Gasteiger partial charge on any atom is 0.200 e. The third-order valence-electron chi connectivity index (χ3n) is 1.12. The molecule has 0 amide bonds. The largest absolute Gasteiger partial charge is 0.377 e. The summed E-state index contributed by atoms with van der Waals surface area (Å²) in [5.41, 5.74) is 0. The van der Waals surface area contributed by atoms with Crippen LogP contribution in [-0.2, 0) is 4.79 Å². The summed E-state index contributed by atoms with van der Waals surface area (Å²) in [6.07, 6.45) is 1.31. The van der Waals surface area contributed by atoms with Crippen molar-refractivity contribution in [2.75, 3.05) is 6.67 Å². The molecule has 2 nitrogen and oxygen atoms in total. The van der Waals surface area contributed by atoms with Crippen molar-refractivity contribution < 1.29 is 9.18 Å². The van der Waals surface area contributed by atoms with E-state index in [0.29, 0.717) is 0 Å². The smallest absolute Gasteiger partial charge is 0.200 e. The molecule has 1 rings (SSSR count). The number of halogens is 2. The molecule has 0 aliphatic carbocycles. The fraction of sp³-hybridized carbons (Fsp3) is 0.400. The summed E-state index contributed by atoms with van der Waals surface area (Å²) in [7, 11) is 0. The molecule has 0 radical (unpaired) electrons. The zero-order chi connectivity index (χ0) is 6.85. The highest BCUT2D eigenvalue weighted by atomic mass is 35.5. The van der Waals surface area contributed by atoms with Gasteiger partial charge in [0.1, 0.15) is 17.7 Å². The van der Waals surface area contributed by atoms with E-state index in [1.54, 1.807) is 0 Å². The molecule has 0 aromatic rings. The average molecular weight is 150 g/mol. The lowest BCUT2D eigenvalue weighted by Crippen LogP contribution is -2.29. The van der Waals surface area contributed by atoms with Crippen molar-refractivity contribution in [3.63, 3.8) is 0 Å². The second-order valence-electron chi connectivity index (χ2n) is 1.73. The van der Waals surface area contributed by atoms with Crippen molar-refractivity contribution in [2.45, 2.75) is 6.04 Å². The van der Waals surface area contributed by atoms with Gasteiger partial charge in [-0.05, 0) is 0 Å². The van der Waals surface area contributed by atoms with E-state index in [1.165, 1.54) is 6.20 Å². The Balaban J connectivity index is 2.62. The molecule has 1 atom stereocenters. The first-order chi connectivity index (χ1) is 4.25. The molecule has 1 aliphatic rings. The second kappa shape index (κ2) is 2.35. The van der Waals surface area contributed by atoms with Crippen molar-refractivity contribution in [1.29, 1.82) is 0 Å². The van der Waals surface area contributed by atoms with E-state index >= 15 is 0 Å². The van der Waals surface area contributed by atoms with Crippen LogP contribution in [0, 0.1) is 0 Å². The number of hydrogen-bond acceptors (Lipinski definition) is 2. The molecule has 50 valence electrons. The van der Waals surface area contributed by atoms with Gasteiger partial charge in [0.25, 0.3) is 0 Å². The molecule has 0 aromatic carbocycles. The van der Waals surface area contributed by atoms with Gasteiger partial charge < -0.3 is 5.32 Å². The molecule has 9 heavy (non-hydrogen) atoms. The van der Waals surface area contributed by atoms with Gasteiger partial charge in [0.2, 0.25) is 0 Å². The van der Waals surface area contributed by atoms with Crippen LogP contribution in [0.4, 0.5) is 4.39 Å². The molecule has 1 aliphatic heterocycles. The number of ketones is 1. The minimum absolute atomic E-state index is 0.0812. The highest BCUT2D eigenvalue weighted by Crippen LogP contribution is 2.11. The van der Waals surface area contributed by atoms with Crippen LogP contribution in [0.1, 0.15) is 0 Å².